The van der Waals surface area contributed by atoms with E-state index in [1.807, 2.05) is 12.1 Å². The topological polar surface area (TPSA) is 36.8 Å². The zero-order chi connectivity index (χ0) is 25.0. The van der Waals surface area contributed by atoms with Crippen molar-refractivity contribution in [1.29, 1.82) is 0 Å². The van der Waals surface area contributed by atoms with Gasteiger partial charge in [-0.05, 0) is 34.7 Å². The fourth-order valence-electron chi connectivity index (χ4n) is 4.53. The van der Waals surface area contributed by atoms with E-state index in [0.29, 0.717) is 0 Å². The molecule has 1 atom stereocenters. The molecule has 0 fully saturated rings. The number of benzene rings is 5. The standard InChI is InChI=1S/C34H27N3/c1-24-12-14-29(15-13-24)32-35-33(30-20-16-27(17-21-30)25-8-4-2-5-9-25)37-34(36-32)31-22-18-28(19-23-31)26-10-6-3-7-11-26/h2-23,33H,1H3,(H,35,36,37). The summed E-state index contributed by atoms with van der Waals surface area (Å²) in [5.74, 6) is 1.65. The third-order valence-electron chi connectivity index (χ3n) is 6.65. The van der Waals surface area contributed by atoms with Crippen molar-refractivity contribution < 1.29 is 0 Å². The first-order chi connectivity index (χ1) is 18.2. The molecule has 0 saturated heterocycles. The van der Waals surface area contributed by atoms with Crippen LogP contribution in [0.15, 0.2) is 143 Å². The first-order valence-corrected chi connectivity index (χ1v) is 12.5. The Bertz CT molecular complexity index is 1550. The van der Waals surface area contributed by atoms with Gasteiger partial charge in [0, 0.05) is 11.1 Å². The molecule has 1 heterocycles. The van der Waals surface area contributed by atoms with Crippen LogP contribution in [0.3, 0.4) is 0 Å². The fourth-order valence-corrected chi connectivity index (χ4v) is 4.53. The van der Waals surface area contributed by atoms with Crippen molar-refractivity contribution >= 4 is 11.7 Å². The summed E-state index contributed by atoms with van der Waals surface area (Å²) < 4.78 is 0. The molecule has 0 bridgehead atoms. The molecule has 0 aliphatic carbocycles. The summed E-state index contributed by atoms with van der Waals surface area (Å²) in [5, 5.41) is 3.50. The van der Waals surface area contributed by atoms with Crippen LogP contribution < -0.4 is 5.32 Å². The molecule has 0 saturated carbocycles. The highest BCUT2D eigenvalue weighted by molar-refractivity contribution is 6.16. The third kappa shape index (κ3) is 4.98. The van der Waals surface area contributed by atoms with E-state index in [1.54, 1.807) is 0 Å². The van der Waals surface area contributed by atoms with Crippen LogP contribution in [0.4, 0.5) is 0 Å². The number of hydrogen-bond donors (Lipinski definition) is 1. The molecule has 3 heteroatoms. The number of nitrogens with zero attached hydrogens (tertiary/aromatic N) is 2. The lowest BCUT2D eigenvalue weighted by molar-refractivity contribution is 0.756. The molecule has 0 spiro atoms. The van der Waals surface area contributed by atoms with Gasteiger partial charge in [0.2, 0.25) is 0 Å². The lowest BCUT2D eigenvalue weighted by atomic mass is 10.0. The van der Waals surface area contributed by atoms with Crippen molar-refractivity contribution in [2.24, 2.45) is 9.98 Å². The van der Waals surface area contributed by atoms with Gasteiger partial charge in [-0.25, -0.2) is 9.98 Å². The summed E-state index contributed by atoms with van der Waals surface area (Å²) in [5.41, 5.74) is 9.12. The maximum absolute atomic E-state index is 5.04. The number of nitrogens with one attached hydrogen (secondary N) is 1. The molecule has 1 aliphatic heterocycles. The maximum atomic E-state index is 5.04. The predicted octanol–water partition coefficient (Wildman–Crippen LogP) is 7.82. The lowest BCUT2D eigenvalue weighted by Crippen LogP contribution is -2.36. The number of hydrogen-bond acceptors (Lipinski definition) is 3. The van der Waals surface area contributed by atoms with E-state index < -0.39 is 0 Å². The van der Waals surface area contributed by atoms with E-state index in [1.165, 1.54) is 27.8 Å². The molecule has 1 N–H and O–H groups in total. The Kier molecular flexibility index (Phi) is 6.18. The van der Waals surface area contributed by atoms with E-state index >= 15 is 0 Å². The summed E-state index contributed by atoms with van der Waals surface area (Å²) in [4.78, 5) is 10.1. The molecule has 1 unspecified atom stereocenters. The minimum Gasteiger partial charge on any atom is -0.324 e. The molecule has 178 valence electrons. The SMILES string of the molecule is Cc1ccc(C2=NC(c3ccc(-c4ccccc4)cc3)N=C(c3ccc(-c4ccccc4)cc3)N2)cc1. The molecule has 5 aromatic rings. The van der Waals surface area contributed by atoms with Crippen molar-refractivity contribution in [3.63, 3.8) is 0 Å². The van der Waals surface area contributed by atoms with Crippen molar-refractivity contribution in [2.45, 2.75) is 13.1 Å². The second-order valence-electron chi connectivity index (χ2n) is 9.25. The highest BCUT2D eigenvalue weighted by atomic mass is 15.2. The first-order valence-electron chi connectivity index (χ1n) is 12.5. The average Bonchev–Trinajstić information content (AvgIpc) is 2.98. The molecule has 0 amide bonds. The number of aryl methyl sites for hydroxylation is 1. The number of aliphatic imine (C=N–C) groups is 2. The first kappa shape index (κ1) is 22.7. The van der Waals surface area contributed by atoms with Gasteiger partial charge in [0.1, 0.15) is 11.7 Å². The van der Waals surface area contributed by atoms with Crippen LogP contribution >= 0.6 is 0 Å². The van der Waals surface area contributed by atoms with Crippen LogP contribution in [0.2, 0.25) is 0 Å². The zero-order valence-electron chi connectivity index (χ0n) is 20.7. The van der Waals surface area contributed by atoms with Crippen LogP contribution in [0.25, 0.3) is 22.3 Å². The van der Waals surface area contributed by atoms with E-state index in [2.05, 4.69) is 134 Å². The number of amidine groups is 2. The van der Waals surface area contributed by atoms with Crippen LogP contribution in [0.5, 0.6) is 0 Å². The fraction of sp³-hybridized carbons (Fsp3) is 0.0588. The summed E-state index contributed by atoms with van der Waals surface area (Å²) in [7, 11) is 0. The highest BCUT2D eigenvalue weighted by Crippen LogP contribution is 2.28. The van der Waals surface area contributed by atoms with Crippen molar-refractivity contribution in [1.82, 2.24) is 5.32 Å². The molecule has 37 heavy (non-hydrogen) atoms. The van der Waals surface area contributed by atoms with Crippen molar-refractivity contribution in [2.75, 3.05) is 0 Å². The lowest BCUT2D eigenvalue weighted by Gasteiger charge is -2.22. The van der Waals surface area contributed by atoms with Gasteiger partial charge >= 0.3 is 0 Å². The molecule has 1 aliphatic rings. The monoisotopic (exact) mass is 477 g/mol. The quantitative estimate of drug-likeness (QED) is 0.275. The summed E-state index contributed by atoms with van der Waals surface area (Å²) in [6.07, 6.45) is -0.328. The van der Waals surface area contributed by atoms with E-state index in [4.69, 9.17) is 9.98 Å². The predicted molar refractivity (Wildman–Crippen MR) is 154 cm³/mol. The second-order valence-corrected chi connectivity index (χ2v) is 9.25. The van der Waals surface area contributed by atoms with Crippen LogP contribution in [0, 0.1) is 6.92 Å². The van der Waals surface area contributed by atoms with Gasteiger partial charge in [-0.15, -0.1) is 0 Å². The van der Waals surface area contributed by atoms with Gasteiger partial charge in [-0.2, -0.15) is 0 Å². The zero-order valence-corrected chi connectivity index (χ0v) is 20.7. The normalized spacial score (nSPS) is 14.9. The minimum atomic E-state index is -0.328. The van der Waals surface area contributed by atoms with Gasteiger partial charge in [0.15, 0.2) is 6.17 Å². The minimum absolute atomic E-state index is 0.328. The van der Waals surface area contributed by atoms with Crippen molar-refractivity contribution in [3.05, 3.63) is 156 Å². The van der Waals surface area contributed by atoms with Gasteiger partial charge in [-0.1, -0.05) is 139 Å². The Morgan fingerprint density at radius 3 is 1.30 bits per heavy atom. The Hall–Kier alpha value is -4.76. The van der Waals surface area contributed by atoms with Crippen LogP contribution in [-0.4, -0.2) is 11.7 Å². The molecular formula is C34H27N3. The molecule has 6 rings (SSSR count). The Labute approximate surface area is 217 Å². The molecule has 3 nitrogen and oxygen atoms in total. The van der Waals surface area contributed by atoms with Crippen molar-refractivity contribution in [3.8, 4) is 22.3 Å². The van der Waals surface area contributed by atoms with E-state index in [9.17, 15) is 0 Å². The second kappa shape index (κ2) is 10.1. The van der Waals surface area contributed by atoms with Gasteiger partial charge in [-0.3, -0.25) is 0 Å². The maximum Gasteiger partial charge on any atom is 0.169 e. The summed E-state index contributed by atoms with van der Waals surface area (Å²) >= 11 is 0. The van der Waals surface area contributed by atoms with Gasteiger partial charge in [0.05, 0.1) is 0 Å². The van der Waals surface area contributed by atoms with Crippen LogP contribution in [0.1, 0.15) is 28.4 Å². The highest BCUT2D eigenvalue weighted by Gasteiger charge is 2.20. The van der Waals surface area contributed by atoms with Gasteiger partial charge < -0.3 is 5.32 Å². The summed E-state index contributed by atoms with van der Waals surface area (Å²) in [6.45, 7) is 2.10. The molecular weight excluding hydrogens is 450 g/mol. The Morgan fingerprint density at radius 1 is 0.432 bits per heavy atom. The molecule has 0 aromatic heterocycles. The molecule has 5 aromatic carbocycles. The smallest absolute Gasteiger partial charge is 0.169 e. The Balaban J connectivity index is 1.35. The van der Waals surface area contributed by atoms with Gasteiger partial charge in [0.25, 0.3) is 0 Å². The number of rotatable bonds is 5. The van der Waals surface area contributed by atoms with E-state index in [-0.39, 0.29) is 6.17 Å². The largest absolute Gasteiger partial charge is 0.324 e. The molecule has 0 radical (unpaired) electrons. The van der Waals surface area contributed by atoms with E-state index in [0.717, 1.165) is 28.4 Å². The van der Waals surface area contributed by atoms with Crippen LogP contribution in [-0.2, 0) is 0 Å². The Morgan fingerprint density at radius 2 is 0.811 bits per heavy atom. The third-order valence-corrected chi connectivity index (χ3v) is 6.65. The summed E-state index contributed by atoms with van der Waals surface area (Å²) in [6, 6.07) is 46.4. The average molecular weight is 478 g/mol.